The van der Waals surface area contributed by atoms with Crippen molar-refractivity contribution in [2.45, 2.75) is 90.4 Å². The van der Waals surface area contributed by atoms with E-state index in [4.69, 9.17) is 0 Å². The Morgan fingerprint density at radius 2 is 1.52 bits per heavy atom. The normalized spacial score (nSPS) is 28.7. The summed E-state index contributed by atoms with van der Waals surface area (Å²) >= 11 is 0. The summed E-state index contributed by atoms with van der Waals surface area (Å²) in [7, 11) is 0. The minimum atomic E-state index is 0.757. The third-order valence-corrected chi connectivity index (χ3v) is 7.06. The van der Waals surface area contributed by atoms with E-state index in [9.17, 15) is 0 Å². The van der Waals surface area contributed by atoms with Gasteiger partial charge in [-0.25, -0.2) is 0 Å². The summed E-state index contributed by atoms with van der Waals surface area (Å²) in [6.45, 7) is 4.65. The smallest absolute Gasteiger partial charge is 0.0249 e. The van der Waals surface area contributed by atoms with Crippen molar-refractivity contribution in [2.75, 3.05) is 0 Å². The summed E-state index contributed by atoms with van der Waals surface area (Å²) in [4.78, 5) is 0. The van der Waals surface area contributed by atoms with E-state index in [1.807, 2.05) is 0 Å². The van der Waals surface area contributed by atoms with Crippen LogP contribution in [-0.2, 0) is 0 Å². The van der Waals surface area contributed by atoms with Crippen molar-refractivity contribution >= 4 is 0 Å². The zero-order chi connectivity index (χ0) is 18.9. The number of rotatable bonds is 5. The van der Waals surface area contributed by atoms with Gasteiger partial charge in [-0.3, -0.25) is 0 Å². The Labute approximate surface area is 167 Å². The fraction of sp³-hybridized carbons (Fsp3) is 0.630. The predicted molar refractivity (Wildman–Crippen MR) is 118 cm³/mol. The van der Waals surface area contributed by atoms with Crippen molar-refractivity contribution in [1.29, 1.82) is 0 Å². The van der Waals surface area contributed by atoms with E-state index in [1.54, 1.807) is 0 Å². The van der Waals surface area contributed by atoms with Crippen LogP contribution < -0.4 is 0 Å². The second-order valence-corrected chi connectivity index (χ2v) is 8.95. The van der Waals surface area contributed by atoms with E-state index in [2.05, 4.69) is 62.1 Å². The maximum Gasteiger partial charge on any atom is 0.0249 e. The van der Waals surface area contributed by atoms with Crippen LogP contribution in [0.2, 0.25) is 0 Å². The summed E-state index contributed by atoms with van der Waals surface area (Å²) in [6.07, 6.45) is 19.7. The highest BCUT2D eigenvalue weighted by Crippen LogP contribution is 2.37. The Kier molecular flexibility index (Phi) is 8.07. The summed E-state index contributed by atoms with van der Waals surface area (Å²) in [6, 6.07) is 9.09. The van der Waals surface area contributed by atoms with Gasteiger partial charge in [-0.05, 0) is 98.8 Å². The van der Waals surface area contributed by atoms with Gasteiger partial charge in [0.2, 0.25) is 0 Å². The molecule has 0 radical (unpaired) electrons. The number of hydrogen-bond acceptors (Lipinski definition) is 0. The molecule has 0 nitrogen and oxygen atoms in total. The summed E-state index contributed by atoms with van der Waals surface area (Å²) in [5.74, 6) is 10.1. The van der Waals surface area contributed by atoms with Crippen molar-refractivity contribution in [3.63, 3.8) is 0 Å². The van der Waals surface area contributed by atoms with Crippen molar-refractivity contribution in [3.8, 4) is 11.8 Å². The Bertz CT molecular complexity index is 623. The van der Waals surface area contributed by atoms with Gasteiger partial charge in [0, 0.05) is 5.56 Å². The van der Waals surface area contributed by atoms with E-state index in [-0.39, 0.29) is 0 Å². The van der Waals surface area contributed by atoms with Crippen molar-refractivity contribution < 1.29 is 0 Å². The van der Waals surface area contributed by atoms with E-state index >= 15 is 0 Å². The third-order valence-electron chi connectivity index (χ3n) is 7.06. The first kappa shape index (κ1) is 20.3. The molecule has 2 aliphatic rings. The lowest BCUT2D eigenvalue weighted by molar-refractivity contribution is 0.304. The van der Waals surface area contributed by atoms with Gasteiger partial charge >= 0.3 is 0 Å². The largest absolute Gasteiger partial charge is 0.0730 e. The molecule has 1 aromatic rings. The van der Waals surface area contributed by atoms with Gasteiger partial charge in [0.15, 0.2) is 0 Å². The lowest BCUT2D eigenvalue weighted by Gasteiger charge is -2.28. The molecule has 0 amide bonds. The second kappa shape index (κ2) is 10.8. The molecule has 2 fully saturated rings. The van der Waals surface area contributed by atoms with Crippen molar-refractivity contribution in [3.05, 3.63) is 47.5 Å². The van der Waals surface area contributed by atoms with Gasteiger partial charge in [0.05, 0.1) is 0 Å². The van der Waals surface area contributed by atoms with Gasteiger partial charge in [0.25, 0.3) is 0 Å². The van der Waals surface area contributed by atoms with E-state index in [1.165, 1.54) is 76.2 Å². The first-order chi connectivity index (χ1) is 13.3. The minimum Gasteiger partial charge on any atom is -0.0730 e. The maximum atomic E-state index is 3.32. The predicted octanol–water partition coefficient (Wildman–Crippen LogP) is 7.88. The molecular formula is C27H38. The molecule has 2 aliphatic carbocycles. The van der Waals surface area contributed by atoms with Crippen LogP contribution in [0.3, 0.4) is 0 Å². The molecule has 0 heterocycles. The monoisotopic (exact) mass is 362 g/mol. The molecule has 1 aromatic carbocycles. The van der Waals surface area contributed by atoms with Crippen LogP contribution in [0.1, 0.15) is 102 Å². The van der Waals surface area contributed by atoms with Crippen LogP contribution in [0.5, 0.6) is 0 Å². The Morgan fingerprint density at radius 3 is 2.15 bits per heavy atom. The highest BCUT2D eigenvalue weighted by molar-refractivity contribution is 5.39. The van der Waals surface area contributed by atoms with Crippen molar-refractivity contribution in [2.24, 2.45) is 17.8 Å². The highest BCUT2D eigenvalue weighted by Gasteiger charge is 2.21. The zero-order valence-corrected chi connectivity index (χ0v) is 17.6. The van der Waals surface area contributed by atoms with Gasteiger partial charge in [-0.1, -0.05) is 63.2 Å². The van der Waals surface area contributed by atoms with Crippen LogP contribution in [0.15, 0.2) is 36.4 Å². The standard InChI is InChI=1S/C27H38/c1-3-7-23-14-18-26(19-15-23)27-20-16-25(17-21-27)9-6-5-8-24-12-10-22(4-2)11-13-24/h5,8,16-17,20-24,26H,3-4,7,10-15,18-19H2,1-2H3. The SMILES string of the molecule is CCCC1CCC(c2ccc(C#CC=CC3CCC(CC)CC3)cc2)CC1. The molecule has 0 N–H and O–H groups in total. The number of benzene rings is 1. The zero-order valence-electron chi connectivity index (χ0n) is 17.6. The molecule has 0 heteroatoms. The molecule has 0 atom stereocenters. The Hall–Kier alpha value is -1.48. The summed E-state index contributed by atoms with van der Waals surface area (Å²) in [5.41, 5.74) is 2.68. The topological polar surface area (TPSA) is 0 Å². The van der Waals surface area contributed by atoms with Gasteiger partial charge in [0.1, 0.15) is 0 Å². The molecule has 0 bridgehead atoms. The quantitative estimate of drug-likeness (QED) is 0.467. The Balaban J connectivity index is 1.46. The lowest BCUT2D eigenvalue weighted by Crippen LogP contribution is -2.13. The van der Waals surface area contributed by atoms with Crippen LogP contribution in [0, 0.1) is 29.6 Å². The van der Waals surface area contributed by atoms with E-state index in [0.29, 0.717) is 0 Å². The highest BCUT2D eigenvalue weighted by atomic mass is 14.3. The minimum absolute atomic E-state index is 0.757. The molecule has 0 spiro atoms. The molecule has 0 unspecified atom stereocenters. The van der Waals surface area contributed by atoms with E-state index < -0.39 is 0 Å². The number of allylic oxidation sites excluding steroid dienone is 2. The molecule has 0 aliphatic heterocycles. The Morgan fingerprint density at radius 1 is 0.852 bits per heavy atom. The summed E-state index contributed by atoms with van der Waals surface area (Å²) in [5, 5.41) is 0. The van der Waals surface area contributed by atoms with Gasteiger partial charge in [-0.15, -0.1) is 0 Å². The molecule has 0 aromatic heterocycles. The maximum absolute atomic E-state index is 3.32. The fourth-order valence-corrected chi connectivity index (χ4v) is 5.13. The molecule has 27 heavy (non-hydrogen) atoms. The number of hydrogen-bond donors (Lipinski definition) is 0. The first-order valence-electron chi connectivity index (χ1n) is 11.6. The third kappa shape index (κ3) is 6.27. The molecular weight excluding hydrogens is 324 g/mol. The van der Waals surface area contributed by atoms with Crippen LogP contribution in [-0.4, -0.2) is 0 Å². The summed E-state index contributed by atoms with van der Waals surface area (Å²) < 4.78 is 0. The molecule has 146 valence electrons. The van der Waals surface area contributed by atoms with Crippen LogP contribution in [0.4, 0.5) is 0 Å². The van der Waals surface area contributed by atoms with Crippen LogP contribution in [0.25, 0.3) is 0 Å². The average molecular weight is 363 g/mol. The second-order valence-electron chi connectivity index (χ2n) is 8.95. The molecule has 3 rings (SSSR count). The first-order valence-corrected chi connectivity index (χ1v) is 11.6. The van der Waals surface area contributed by atoms with E-state index in [0.717, 1.165) is 29.2 Å². The van der Waals surface area contributed by atoms with Crippen molar-refractivity contribution in [1.82, 2.24) is 0 Å². The molecule has 0 saturated heterocycles. The fourth-order valence-electron chi connectivity index (χ4n) is 5.13. The van der Waals surface area contributed by atoms with Gasteiger partial charge < -0.3 is 0 Å². The molecule has 2 saturated carbocycles. The lowest BCUT2D eigenvalue weighted by atomic mass is 9.77. The van der Waals surface area contributed by atoms with Crippen LogP contribution >= 0.6 is 0 Å². The van der Waals surface area contributed by atoms with Gasteiger partial charge in [-0.2, -0.15) is 0 Å². The average Bonchev–Trinajstić information content (AvgIpc) is 2.73.